The van der Waals surface area contributed by atoms with Crippen molar-refractivity contribution < 1.29 is 23.6 Å². The van der Waals surface area contributed by atoms with E-state index in [-0.39, 0.29) is 29.5 Å². The van der Waals surface area contributed by atoms with Crippen molar-refractivity contribution in [1.29, 1.82) is 0 Å². The number of hydrogen-bond donors (Lipinski definition) is 4. The molecule has 3 aromatic rings. The third kappa shape index (κ3) is 5.60. The fourth-order valence-corrected chi connectivity index (χ4v) is 7.31. The Kier molecular flexibility index (Phi) is 7.94. The molecule has 238 valence electrons. The third-order valence-corrected chi connectivity index (χ3v) is 9.68. The van der Waals surface area contributed by atoms with Crippen LogP contribution >= 0.6 is 0 Å². The lowest BCUT2D eigenvalue weighted by molar-refractivity contribution is -0.134. The molecule has 46 heavy (non-hydrogen) atoms. The molecule has 11 heteroatoms. The topological polar surface area (TPSA) is 127 Å². The van der Waals surface area contributed by atoms with Crippen molar-refractivity contribution in [2.24, 2.45) is 0 Å². The van der Waals surface area contributed by atoms with Crippen LogP contribution in [0.4, 0.5) is 15.8 Å². The van der Waals surface area contributed by atoms with Gasteiger partial charge in [-0.15, -0.1) is 0 Å². The molecular formula is C35H37FN6O4. The van der Waals surface area contributed by atoms with Crippen LogP contribution < -0.4 is 20.9 Å². The number of carbonyl (C=O) groups is 4. The summed E-state index contributed by atoms with van der Waals surface area (Å²) in [7, 11) is 0. The predicted octanol–water partition coefficient (Wildman–Crippen LogP) is 3.73. The number of H-pyrrole nitrogens is 1. The van der Waals surface area contributed by atoms with Gasteiger partial charge < -0.3 is 20.5 Å². The van der Waals surface area contributed by atoms with Crippen molar-refractivity contribution >= 4 is 46.1 Å². The van der Waals surface area contributed by atoms with Gasteiger partial charge in [0.05, 0.1) is 17.1 Å². The van der Waals surface area contributed by atoms with Gasteiger partial charge in [0.2, 0.25) is 11.8 Å². The van der Waals surface area contributed by atoms with Gasteiger partial charge >= 0.3 is 0 Å². The van der Waals surface area contributed by atoms with Crippen LogP contribution in [0.15, 0.2) is 42.5 Å². The number of nitrogens with one attached hydrogen (secondary N) is 4. The molecule has 0 bridgehead atoms. The molecule has 0 spiro atoms. The van der Waals surface area contributed by atoms with Crippen LogP contribution in [-0.4, -0.2) is 72.8 Å². The maximum atomic E-state index is 14.0. The molecule has 7 rings (SSSR count). The van der Waals surface area contributed by atoms with Crippen molar-refractivity contribution in [2.45, 2.75) is 44.9 Å². The van der Waals surface area contributed by atoms with Crippen LogP contribution in [-0.2, 0) is 20.8 Å². The molecule has 4 aliphatic rings. The summed E-state index contributed by atoms with van der Waals surface area (Å²) in [5, 5.41) is 8.36. The summed E-state index contributed by atoms with van der Waals surface area (Å²) < 4.78 is 14.0. The molecular weight excluding hydrogens is 587 g/mol. The molecule has 1 aliphatic carbocycles. The Hall–Kier alpha value is -4.77. The second kappa shape index (κ2) is 12.2. The Morgan fingerprint density at radius 3 is 2.52 bits per heavy atom. The van der Waals surface area contributed by atoms with Gasteiger partial charge in [0.15, 0.2) is 0 Å². The van der Waals surface area contributed by atoms with E-state index in [4.69, 9.17) is 0 Å². The van der Waals surface area contributed by atoms with Crippen LogP contribution in [0, 0.1) is 12.7 Å². The number of halogens is 1. The number of allylic oxidation sites excluding steroid dienone is 1. The zero-order chi connectivity index (χ0) is 31.9. The average molecular weight is 625 g/mol. The van der Waals surface area contributed by atoms with Gasteiger partial charge in [-0.05, 0) is 86.2 Å². The zero-order valence-electron chi connectivity index (χ0n) is 25.8. The maximum Gasteiger partial charge on any atom is 0.256 e. The van der Waals surface area contributed by atoms with E-state index in [1.54, 1.807) is 6.07 Å². The highest BCUT2D eigenvalue weighted by atomic mass is 19.1. The summed E-state index contributed by atoms with van der Waals surface area (Å²) >= 11 is 0. The molecule has 2 saturated heterocycles. The number of fused-ring (bicyclic) bond motifs is 2. The quantitative estimate of drug-likeness (QED) is 0.180. The number of aryl methyl sites for hydroxylation is 1. The van der Waals surface area contributed by atoms with E-state index < -0.39 is 5.82 Å². The van der Waals surface area contributed by atoms with Gasteiger partial charge in [-0.3, -0.25) is 29.4 Å². The Bertz CT molecular complexity index is 1770. The number of piperidine rings is 1. The largest absolute Gasteiger partial charge is 0.369 e. The van der Waals surface area contributed by atoms with Crippen molar-refractivity contribution in [3.05, 3.63) is 81.9 Å². The normalized spacial score (nSPS) is 21.2. The van der Waals surface area contributed by atoms with Gasteiger partial charge in [-0.1, -0.05) is 12.1 Å². The summed E-state index contributed by atoms with van der Waals surface area (Å²) in [4.78, 5) is 57.9. The Morgan fingerprint density at radius 2 is 1.76 bits per heavy atom. The Balaban J connectivity index is 0.903. The highest BCUT2D eigenvalue weighted by Crippen LogP contribution is 2.44. The molecule has 4 heterocycles. The molecule has 10 nitrogen and oxygen atoms in total. The van der Waals surface area contributed by atoms with Crippen molar-refractivity contribution in [1.82, 2.24) is 20.5 Å². The first-order valence-corrected chi connectivity index (χ1v) is 16.0. The fourth-order valence-electron chi connectivity index (χ4n) is 7.31. The number of piperazine rings is 1. The Labute approximate surface area is 266 Å². The van der Waals surface area contributed by atoms with E-state index in [9.17, 15) is 23.6 Å². The SMILES string of the molecule is Cc1[nH]c2c(c1C(=O)NCCCN1CCN(c3ccc(C4CCC(=O)NC4=O)cc3)CC1)CC/C2=C1/C(=O)Nc2ccc(F)cc21. The number of amides is 4. The van der Waals surface area contributed by atoms with Crippen molar-refractivity contribution in [3.63, 3.8) is 0 Å². The fraction of sp³-hybridized carbons (Fsp3) is 0.371. The number of nitrogens with zero attached hydrogens (tertiary/aromatic N) is 2. The smallest absolute Gasteiger partial charge is 0.256 e. The van der Waals surface area contributed by atoms with Crippen LogP contribution in [0.3, 0.4) is 0 Å². The van der Waals surface area contributed by atoms with Crippen molar-refractivity contribution in [2.75, 3.05) is 49.5 Å². The van der Waals surface area contributed by atoms with E-state index in [0.717, 1.165) is 72.9 Å². The first-order valence-electron chi connectivity index (χ1n) is 16.0. The van der Waals surface area contributed by atoms with E-state index in [1.807, 2.05) is 19.1 Å². The molecule has 2 fully saturated rings. The molecule has 2 aromatic carbocycles. The third-order valence-electron chi connectivity index (χ3n) is 9.68. The van der Waals surface area contributed by atoms with Crippen LogP contribution in [0.1, 0.15) is 70.0 Å². The van der Waals surface area contributed by atoms with Crippen LogP contribution in [0.2, 0.25) is 0 Å². The number of benzene rings is 2. The number of aromatic amines is 1. The second-order valence-electron chi connectivity index (χ2n) is 12.5. The number of rotatable bonds is 7. The molecule has 0 radical (unpaired) electrons. The van der Waals surface area contributed by atoms with Crippen LogP contribution in [0.25, 0.3) is 11.1 Å². The monoisotopic (exact) mass is 624 g/mol. The first-order chi connectivity index (χ1) is 22.3. The molecule has 1 atom stereocenters. The molecule has 4 N–H and O–H groups in total. The summed E-state index contributed by atoms with van der Waals surface area (Å²) in [6.07, 6.45) is 3.00. The molecule has 4 amide bonds. The van der Waals surface area contributed by atoms with E-state index in [0.29, 0.717) is 54.6 Å². The second-order valence-corrected chi connectivity index (χ2v) is 12.5. The van der Waals surface area contributed by atoms with Gasteiger partial charge in [0, 0.05) is 67.5 Å². The number of imide groups is 1. The average Bonchev–Trinajstić information content (AvgIpc) is 3.69. The Morgan fingerprint density at radius 1 is 0.978 bits per heavy atom. The van der Waals surface area contributed by atoms with Gasteiger partial charge in [-0.25, -0.2) is 4.39 Å². The lowest BCUT2D eigenvalue weighted by Crippen LogP contribution is -2.47. The summed E-state index contributed by atoms with van der Waals surface area (Å²) in [5.74, 6) is -1.44. The van der Waals surface area contributed by atoms with E-state index >= 15 is 0 Å². The van der Waals surface area contributed by atoms with Gasteiger partial charge in [0.1, 0.15) is 5.82 Å². The highest BCUT2D eigenvalue weighted by molar-refractivity contribution is 6.37. The number of hydrogen-bond acceptors (Lipinski definition) is 6. The first kappa shape index (κ1) is 29.9. The lowest BCUT2D eigenvalue weighted by atomic mass is 9.90. The maximum absolute atomic E-state index is 14.0. The lowest BCUT2D eigenvalue weighted by Gasteiger charge is -2.36. The van der Waals surface area contributed by atoms with Crippen molar-refractivity contribution in [3.8, 4) is 0 Å². The number of carbonyl (C=O) groups excluding carboxylic acids is 4. The predicted molar refractivity (Wildman–Crippen MR) is 173 cm³/mol. The minimum absolute atomic E-state index is 0.117. The molecule has 1 unspecified atom stereocenters. The van der Waals surface area contributed by atoms with E-state index in [1.165, 1.54) is 12.1 Å². The summed E-state index contributed by atoms with van der Waals surface area (Å²) in [6.45, 7) is 6.95. The number of anilines is 2. The minimum atomic E-state index is -0.394. The van der Waals surface area contributed by atoms with Gasteiger partial charge in [-0.2, -0.15) is 0 Å². The molecule has 3 aliphatic heterocycles. The molecule has 1 aromatic heterocycles. The van der Waals surface area contributed by atoms with Gasteiger partial charge in [0.25, 0.3) is 11.8 Å². The summed E-state index contributed by atoms with van der Waals surface area (Å²) in [6, 6.07) is 12.4. The minimum Gasteiger partial charge on any atom is -0.369 e. The standard InChI is InChI=1S/C35H37FN6O4/c1-20-30(25-8-9-26(32(25)38-20)31-27-19-22(36)5-11-28(27)39-35(31)46)34(45)37-13-2-14-41-15-17-42(18-16-41)23-6-3-21(4-7-23)24-10-12-29(43)40-33(24)44/h3-7,11,19,24,38H,2,8-10,12-18H2,1H3,(H,37,45)(H,39,46)(H,40,43,44)/b31-26-. The van der Waals surface area contributed by atoms with Crippen LogP contribution in [0.5, 0.6) is 0 Å². The number of aromatic nitrogens is 1. The zero-order valence-corrected chi connectivity index (χ0v) is 25.8. The summed E-state index contributed by atoms with van der Waals surface area (Å²) in [5.41, 5.74) is 7.65. The highest BCUT2D eigenvalue weighted by Gasteiger charge is 2.35. The van der Waals surface area contributed by atoms with E-state index in [2.05, 4.69) is 42.9 Å². The molecule has 0 saturated carbocycles.